The van der Waals surface area contributed by atoms with Crippen LogP contribution in [-0.4, -0.2) is 38.3 Å². The molecule has 0 bridgehead atoms. The molecule has 3 heterocycles. The van der Waals surface area contributed by atoms with E-state index >= 15 is 4.79 Å². The van der Waals surface area contributed by atoms with Crippen molar-refractivity contribution in [2.45, 2.75) is 0 Å². The van der Waals surface area contributed by atoms with Gasteiger partial charge in [-0.25, -0.2) is 24.5 Å². The quantitative estimate of drug-likeness (QED) is 0.119. The van der Waals surface area contributed by atoms with Gasteiger partial charge in [0.2, 0.25) is 0 Å². The second-order valence-corrected chi connectivity index (χ2v) is 13.1. The van der Waals surface area contributed by atoms with Crippen LogP contribution in [-0.2, 0) is 0 Å². The van der Waals surface area contributed by atoms with Crippen LogP contribution in [0.4, 0.5) is 0 Å². The first-order valence-electron chi connectivity index (χ1n) is 18.0. The lowest BCUT2D eigenvalue weighted by molar-refractivity contribution is 0.0708. The summed E-state index contributed by atoms with van der Waals surface area (Å²) in [5.74, 6) is -2.56. The number of fused-ring (bicyclic) bond motifs is 3. The third-order valence-electron chi connectivity index (χ3n) is 9.66. The minimum absolute atomic E-state index is 0.0652. The van der Waals surface area contributed by atoms with E-state index in [1.165, 1.54) is 0 Å². The van der Waals surface area contributed by atoms with Crippen LogP contribution in [0.1, 0.15) is 31.1 Å². The Morgan fingerprint density at radius 1 is 0.439 bits per heavy atom. The van der Waals surface area contributed by atoms with Gasteiger partial charge in [0.15, 0.2) is 23.5 Å². The molecule has 0 aliphatic rings. The van der Waals surface area contributed by atoms with Crippen molar-refractivity contribution in [3.63, 3.8) is 0 Å². The summed E-state index contributed by atoms with van der Waals surface area (Å²) in [6, 6.07) is 48.0. The summed E-state index contributed by atoms with van der Waals surface area (Å²) in [5, 5.41) is 12.9. The van der Waals surface area contributed by atoms with E-state index in [1.807, 2.05) is 36.4 Å². The van der Waals surface area contributed by atoms with Gasteiger partial charge >= 0.3 is 11.9 Å². The number of carbonyl (C=O) groups is 3. The molecule has 0 unspecified atom stereocenters. The van der Waals surface area contributed by atoms with Crippen molar-refractivity contribution in [2.24, 2.45) is 0 Å². The van der Waals surface area contributed by atoms with E-state index in [0.717, 1.165) is 0 Å². The minimum Gasteiger partial charge on any atom is -0.505 e. The number of aldehydes is 1. The van der Waals surface area contributed by atoms with Crippen LogP contribution < -0.4 is 9.47 Å². The van der Waals surface area contributed by atoms with Gasteiger partial charge in [0.1, 0.15) is 28.2 Å². The molecule has 9 rings (SSSR count). The predicted molar refractivity (Wildman–Crippen MR) is 219 cm³/mol. The first-order valence-corrected chi connectivity index (χ1v) is 18.0. The summed E-state index contributed by atoms with van der Waals surface area (Å²) in [5.41, 5.74) is 3.60. The number of esters is 2. The van der Waals surface area contributed by atoms with Crippen LogP contribution in [0.15, 0.2) is 164 Å². The number of nitrogens with zero attached hydrogens (tertiary/aromatic N) is 3. The molecule has 0 spiro atoms. The van der Waals surface area contributed by atoms with Crippen molar-refractivity contribution < 1.29 is 29.0 Å². The van der Waals surface area contributed by atoms with Gasteiger partial charge in [0, 0.05) is 32.8 Å². The molecule has 9 aromatic rings. The largest absolute Gasteiger partial charge is 0.505 e. The Bertz CT molecular complexity index is 3030. The van der Waals surface area contributed by atoms with Crippen molar-refractivity contribution in [1.29, 1.82) is 0 Å². The molecule has 9 heteroatoms. The van der Waals surface area contributed by atoms with E-state index in [2.05, 4.69) is 4.98 Å². The second kappa shape index (κ2) is 14.7. The maximum absolute atomic E-state index is 15.0. The molecule has 3 aromatic heterocycles. The number of para-hydroxylation sites is 3. The summed E-state index contributed by atoms with van der Waals surface area (Å²) in [6.07, 6.45) is 0.641. The van der Waals surface area contributed by atoms with Gasteiger partial charge in [0.25, 0.3) is 0 Å². The van der Waals surface area contributed by atoms with E-state index in [1.54, 1.807) is 127 Å². The Kier molecular flexibility index (Phi) is 8.92. The standard InChI is InChI=1S/C48H29N3O6/c52-28-35-32-22-10-13-25-36(32)50-42(30-18-6-2-7-19-30)45(35)56-48(55)40-34-24-12-15-27-38(34)51-43(31-20-8-3-9-21-31)46(40)57-47(54)39-33-23-11-14-26-37(33)49-41(44(39)53)29-16-4-1-5-17-29/h1-28,53H. The molecular weight excluding hydrogens is 715 g/mol. The normalized spacial score (nSPS) is 11.1. The Morgan fingerprint density at radius 3 is 1.33 bits per heavy atom. The zero-order valence-corrected chi connectivity index (χ0v) is 30.0. The number of rotatable bonds is 8. The lowest BCUT2D eigenvalue weighted by atomic mass is 10.0. The van der Waals surface area contributed by atoms with E-state index in [9.17, 15) is 14.7 Å². The highest BCUT2D eigenvalue weighted by molar-refractivity contribution is 6.13. The Labute approximate surface area is 325 Å². The summed E-state index contributed by atoms with van der Waals surface area (Å²) in [4.78, 5) is 57.1. The molecule has 272 valence electrons. The van der Waals surface area contributed by atoms with Gasteiger partial charge in [-0.15, -0.1) is 0 Å². The molecule has 57 heavy (non-hydrogen) atoms. The number of hydrogen-bond donors (Lipinski definition) is 1. The van der Waals surface area contributed by atoms with Gasteiger partial charge in [-0.05, 0) is 18.2 Å². The average Bonchev–Trinajstić information content (AvgIpc) is 3.26. The molecular formula is C48H29N3O6. The molecule has 6 aromatic carbocycles. The van der Waals surface area contributed by atoms with Gasteiger partial charge < -0.3 is 14.6 Å². The van der Waals surface area contributed by atoms with Crippen molar-refractivity contribution >= 4 is 50.9 Å². The van der Waals surface area contributed by atoms with E-state index in [4.69, 9.17) is 19.4 Å². The van der Waals surface area contributed by atoms with Crippen LogP contribution in [0, 0.1) is 0 Å². The highest BCUT2D eigenvalue weighted by Crippen LogP contribution is 2.42. The van der Waals surface area contributed by atoms with E-state index < -0.39 is 17.7 Å². The number of carbonyl (C=O) groups excluding carboxylic acids is 3. The monoisotopic (exact) mass is 743 g/mol. The first-order chi connectivity index (χ1) is 28.0. The first kappa shape index (κ1) is 34.7. The molecule has 0 aliphatic heterocycles. The Hall–Kier alpha value is -8.04. The van der Waals surface area contributed by atoms with Crippen LogP contribution in [0.3, 0.4) is 0 Å². The summed E-state index contributed by atoms with van der Waals surface area (Å²) < 4.78 is 12.6. The highest BCUT2D eigenvalue weighted by atomic mass is 16.6. The summed E-state index contributed by atoms with van der Waals surface area (Å²) >= 11 is 0. The fourth-order valence-corrected chi connectivity index (χ4v) is 7.01. The minimum atomic E-state index is -0.961. The Morgan fingerprint density at radius 2 is 0.807 bits per heavy atom. The molecule has 1 N–H and O–H groups in total. The van der Waals surface area contributed by atoms with Crippen molar-refractivity contribution in [1.82, 2.24) is 15.0 Å². The van der Waals surface area contributed by atoms with Gasteiger partial charge in [-0.1, -0.05) is 146 Å². The van der Waals surface area contributed by atoms with E-state index in [0.29, 0.717) is 55.7 Å². The SMILES string of the molecule is O=Cc1c(OC(=O)c2c(OC(=O)c3c(O)c(-c4ccccc4)nc4ccccc34)c(-c3ccccc3)nc3ccccc23)c(-c2ccccc2)nc2ccccc12. The number of hydrogen-bond acceptors (Lipinski definition) is 9. The average molecular weight is 744 g/mol. The fraction of sp³-hybridized carbons (Fsp3) is 0. The van der Waals surface area contributed by atoms with Crippen LogP contribution in [0.5, 0.6) is 17.2 Å². The number of benzene rings is 6. The third-order valence-corrected chi connectivity index (χ3v) is 9.66. The molecule has 0 radical (unpaired) electrons. The molecule has 0 amide bonds. The zero-order valence-electron chi connectivity index (χ0n) is 30.0. The molecule has 0 saturated carbocycles. The van der Waals surface area contributed by atoms with Crippen molar-refractivity contribution in [3.05, 3.63) is 180 Å². The van der Waals surface area contributed by atoms with Gasteiger partial charge in [-0.2, -0.15) is 0 Å². The maximum atomic E-state index is 15.0. The third kappa shape index (κ3) is 6.29. The van der Waals surface area contributed by atoms with Gasteiger partial charge in [-0.3, -0.25) is 4.79 Å². The highest BCUT2D eigenvalue weighted by Gasteiger charge is 2.31. The van der Waals surface area contributed by atoms with Gasteiger partial charge in [0.05, 0.1) is 22.1 Å². The number of pyridine rings is 3. The second-order valence-electron chi connectivity index (χ2n) is 13.1. The molecule has 9 nitrogen and oxygen atoms in total. The van der Waals surface area contributed by atoms with Crippen LogP contribution in [0.2, 0.25) is 0 Å². The number of aromatic nitrogens is 3. The fourth-order valence-electron chi connectivity index (χ4n) is 7.01. The van der Waals surface area contributed by atoms with E-state index in [-0.39, 0.29) is 45.3 Å². The maximum Gasteiger partial charge on any atom is 0.348 e. The lowest BCUT2D eigenvalue weighted by Crippen LogP contribution is -2.18. The lowest BCUT2D eigenvalue weighted by Gasteiger charge is -2.19. The van der Waals surface area contributed by atoms with Crippen LogP contribution >= 0.6 is 0 Å². The zero-order chi connectivity index (χ0) is 38.9. The Balaban J connectivity index is 1.27. The van der Waals surface area contributed by atoms with Crippen molar-refractivity contribution in [3.8, 4) is 51.0 Å². The molecule has 0 fully saturated rings. The van der Waals surface area contributed by atoms with Crippen molar-refractivity contribution in [2.75, 3.05) is 0 Å². The number of aromatic hydroxyl groups is 1. The molecule has 0 aliphatic carbocycles. The molecule has 0 atom stereocenters. The molecule has 0 saturated heterocycles. The van der Waals surface area contributed by atoms with Crippen LogP contribution in [0.25, 0.3) is 66.5 Å². The predicted octanol–water partition coefficient (Wildman–Crippen LogP) is 10.3. The topological polar surface area (TPSA) is 129 Å². The smallest absolute Gasteiger partial charge is 0.348 e. The summed E-state index contributed by atoms with van der Waals surface area (Å²) in [6.45, 7) is 0. The number of ether oxygens (including phenoxy) is 2. The summed E-state index contributed by atoms with van der Waals surface area (Å²) in [7, 11) is 0.